The van der Waals surface area contributed by atoms with Crippen LogP contribution in [-0.2, 0) is 6.54 Å². The van der Waals surface area contributed by atoms with Gasteiger partial charge in [0.15, 0.2) is 5.82 Å². The largest absolute Gasteiger partial charge is 0.365 e. The Balaban J connectivity index is 1.30. The summed E-state index contributed by atoms with van der Waals surface area (Å²) in [5, 5.41) is 22.6. The van der Waals surface area contributed by atoms with E-state index in [1.807, 2.05) is 42.5 Å². The average Bonchev–Trinajstić information content (AvgIpc) is 2.83. The summed E-state index contributed by atoms with van der Waals surface area (Å²) in [5.41, 5.74) is 1.59. The third kappa shape index (κ3) is 4.95. The Morgan fingerprint density at radius 2 is 1.65 bits per heavy atom. The van der Waals surface area contributed by atoms with E-state index in [-0.39, 0.29) is 11.6 Å². The Morgan fingerprint density at radius 3 is 2.26 bits per heavy atom. The van der Waals surface area contributed by atoms with Crippen LogP contribution in [-0.4, -0.2) is 52.1 Å². The van der Waals surface area contributed by atoms with Gasteiger partial charge in [-0.2, -0.15) is 0 Å². The van der Waals surface area contributed by atoms with E-state index in [1.165, 1.54) is 29.8 Å². The van der Waals surface area contributed by atoms with E-state index in [9.17, 15) is 14.9 Å². The van der Waals surface area contributed by atoms with Crippen molar-refractivity contribution in [2.24, 2.45) is 0 Å². The molecule has 2 aromatic carbocycles. The van der Waals surface area contributed by atoms with Gasteiger partial charge in [-0.15, -0.1) is 10.2 Å². The van der Waals surface area contributed by atoms with Crippen molar-refractivity contribution in [2.45, 2.75) is 6.54 Å². The minimum Gasteiger partial charge on any atom is -0.365 e. The van der Waals surface area contributed by atoms with E-state index >= 15 is 0 Å². The molecular weight excluding hydrogens is 396 g/mol. The Kier molecular flexibility index (Phi) is 6.02. The zero-order chi connectivity index (χ0) is 21.6. The van der Waals surface area contributed by atoms with Gasteiger partial charge >= 0.3 is 0 Å². The van der Waals surface area contributed by atoms with Gasteiger partial charge in [0, 0.05) is 50.4 Å². The number of carbonyl (C=O) groups is 1. The smallest absolute Gasteiger partial charge is 0.269 e. The van der Waals surface area contributed by atoms with Gasteiger partial charge in [0.05, 0.1) is 4.92 Å². The molecule has 1 amide bonds. The minimum absolute atomic E-state index is 0.0263. The minimum atomic E-state index is -0.476. The summed E-state index contributed by atoms with van der Waals surface area (Å²) in [4.78, 5) is 26.8. The fourth-order valence-electron chi connectivity index (χ4n) is 3.42. The van der Waals surface area contributed by atoms with Crippen molar-refractivity contribution >= 4 is 23.2 Å². The van der Waals surface area contributed by atoms with E-state index < -0.39 is 4.92 Å². The van der Waals surface area contributed by atoms with E-state index in [4.69, 9.17) is 0 Å². The fourth-order valence-corrected chi connectivity index (χ4v) is 3.42. The maximum absolute atomic E-state index is 12.7. The van der Waals surface area contributed by atoms with Crippen LogP contribution in [0.5, 0.6) is 0 Å². The van der Waals surface area contributed by atoms with Crippen molar-refractivity contribution in [3.63, 3.8) is 0 Å². The molecule has 0 saturated carbocycles. The molecule has 158 valence electrons. The van der Waals surface area contributed by atoms with Gasteiger partial charge in [0.1, 0.15) is 5.82 Å². The Bertz CT molecular complexity index is 1030. The van der Waals surface area contributed by atoms with Gasteiger partial charge in [0.25, 0.3) is 11.6 Å². The summed E-state index contributed by atoms with van der Waals surface area (Å²) in [6.07, 6.45) is 0. The van der Waals surface area contributed by atoms with Crippen LogP contribution >= 0.6 is 0 Å². The number of nitro groups is 1. The highest BCUT2D eigenvalue weighted by Crippen LogP contribution is 2.18. The maximum Gasteiger partial charge on any atom is 0.269 e. The molecule has 0 spiro atoms. The van der Waals surface area contributed by atoms with Crippen LogP contribution in [0.1, 0.15) is 15.9 Å². The summed E-state index contributed by atoms with van der Waals surface area (Å²) in [7, 11) is 0. The van der Waals surface area contributed by atoms with Crippen LogP contribution in [0.15, 0.2) is 66.7 Å². The van der Waals surface area contributed by atoms with Crippen molar-refractivity contribution in [3.8, 4) is 0 Å². The maximum atomic E-state index is 12.7. The van der Waals surface area contributed by atoms with Gasteiger partial charge in [-0.1, -0.05) is 30.3 Å². The van der Waals surface area contributed by atoms with Crippen molar-refractivity contribution < 1.29 is 9.72 Å². The lowest BCUT2D eigenvalue weighted by molar-refractivity contribution is -0.384. The first-order valence-electron chi connectivity index (χ1n) is 10.0. The van der Waals surface area contributed by atoms with Crippen LogP contribution in [0.2, 0.25) is 0 Å². The van der Waals surface area contributed by atoms with E-state index in [1.54, 1.807) is 4.90 Å². The number of benzene rings is 2. The Hall–Kier alpha value is -4.01. The van der Waals surface area contributed by atoms with Crippen molar-refractivity contribution in [1.82, 2.24) is 15.1 Å². The molecule has 9 nitrogen and oxygen atoms in total. The average molecular weight is 418 g/mol. The molecule has 4 rings (SSSR count). The number of carbonyl (C=O) groups excluding carboxylic acids is 1. The standard InChI is InChI=1S/C22H22N6O3/c29-22(18-6-8-19(9-7-18)28(30)31)27-14-12-26(13-15-27)21-11-10-20(24-25-21)23-16-17-4-2-1-3-5-17/h1-11H,12-16H2,(H,23,24). The molecule has 31 heavy (non-hydrogen) atoms. The molecule has 9 heteroatoms. The zero-order valence-electron chi connectivity index (χ0n) is 16.8. The lowest BCUT2D eigenvalue weighted by atomic mass is 10.1. The van der Waals surface area contributed by atoms with Crippen molar-refractivity contribution in [1.29, 1.82) is 0 Å². The van der Waals surface area contributed by atoms with Gasteiger partial charge in [0.2, 0.25) is 0 Å². The predicted molar refractivity (Wildman–Crippen MR) is 117 cm³/mol. The summed E-state index contributed by atoms with van der Waals surface area (Å²) in [5.74, 6) is 1.35. The fraction of sp³-hybridized carbons (Fsp3) is 0.227. The SMILES string of the molecule is O=C(c1ccc([N+](=O)[O-])cc1)N1CCN(c2ccc(NCc3ccccc3)nn2)CC1. The van der Waals surface area contributed by atoms with Crippen molar-refractivity contribution in [2.75, 3.05) is 36.4 Å². The molecule has 2 heterocycles. The number of nitrogens with one attached hydrogen (secondary N) is 1. The molecule has 3 aromatic rings. The quantitative estimate of drug-likeness (QED) is 0.485. The van der Waals surface area contributed by atoms with Gasteiger partial charge < -0.3 is 15.1 Å². The third-order valence-corrected chi connectivity index (χ3v) is 5.18. The van der Waals surface area contributed by atoms with Gasteiger partial charge in [-0.25, -0.2) is 0 Å². The number of hydrogen-bond acceptors (Lipinski definition) is 7. The first-order valence-corrected chi connectivity index (χ1v) is 10.0. The molecule has 0 atom stereocenters. The first kappa shape index (κ1) is 20.3. The molecule has 1 fully saturated rings. The van der Waals surface area contributed by atoms with E-state index in [0.29, 0.717) is 44.1 Å². The third-order valence-electron chi connectivity index (χ3n) is 5.18. The first-order chi connectivity index (χ1) is 15.1. The Labute approximate surface area is 179 Å². The van der Waals surface area contributed by atoms with Crippen LogP contribution in [0.4, 0.5) is 17.3 Å². The predicted octanol–water partition coefficient (Wildman–Crippen LogP) is 2.96. The second-order valence-electron chi connectivity index (χ2n) is 7.20. The zero-order valence-corrected chi connectivity index (χ0v) is 16.8. The van der Waals surface area contributed by atoms with Gasteiger partial charge in [-0.05, 0) is 29.8 Å². The number of amides is 1. The number of anilines is 2. The number of nitrogens with zero attached hydrogens (tertiary/aromatic N) is 5. The number of non-ortho nitro benzene ring substituents is 1. The number of piperazine rings is 1. The highest BCUT2D eigenvalue weighted by Gasteiger charge is 2.23. The number of aromatic nitrogens is 2. The normalized spacial score (nSPS) is 13.7. The number of rotatable bonds is 6. The van der Waals surface area contributed by atoms with Crippen LogP contribution in [0.3, 0.4) is 0 Å². The molecule has 1 aromatic heterocycles. The molecule has 1 aliphatic rings. The molecule has 1 aliphatic heterocycles. The monoisotopic (exact) mass is 418 g/mol. The summed E-state index contributed by atoms with van der Waals surface area (Å²) < 4.78 is 0. The molecule has 1 saturated heterocycles. The van der Waals surface area contributed by atoms with Crippen LogP contribution < -0.4 is 10.2 Å². The molecular formula is C22H22N6O3. The van der Waals surface area contributed by atoms with E-state index in [0.717, 1.165) is 5.82 Å². The van der Waals surface area contributed by atoms with E-state index in [2.05, 4.69) is 20.4 Å². The second-order valence-corrected chi connectivity index (χ2v) is 7.20. The summed E-state index contributed by atoms with van der Waals surface area (Å²) in [6, 6.07) is 19.6. The van der Waals surface area contributed by atoms with Crippen LogP contribution in [0, 0.1) is 10.1 Å². The second kappa shape index (κ2) is 9.21. The number of hydrogen-bond donors (Lipinski definition) is 1. The highest BCUT2D eigenvalue weighted by atomic mass is 16.6. The van der Waals surface area contributed by atoms with Crippen molar-refractivity contribution in [3.05, 3.63) is 88.0 Å². The molecule has 0 aliphatic carbocycles. The molecule has 0 radical (unpaired) electrons. The van der Waals surface area contributed by atoms with Crippen LogP contribution in [0.25, 0.3) is 0 Å². The highest BCUT2D eigenvalue weighted by molar-refractivity contribution is 5.94. The summed E-state index contributed by atoms with van der Waals surface area (Å²) in [6.45, 7) is 3.06. The number of nitro benzene ring substituents is 1. The topological polar surface area (TPSA) is 104 Å². The Morgan fingerprint density at radius 1 is 0.935 bits per heavy atom. The molecule has 0 bridgehead atoms. The molecule has 1 N–H and O–H groups in total. The lowest BCUT2D eigenvalue weighted by Gasteiger charge is -2.35. The lowest BCUT2D eigenvalue weighted by Crippen LogP contribution is -2.49. The van der Waals surface area contributed by atoms with Gasteiger partial charge in [-0.3, -0.25) is 14.9 Å². The molecule has 0 unspecified atom stereocenters. The summed E-state index contributed by atoms with van der Waals surface area (Å²) >= 11 is 0.